The van der Waals surface area contributed by atoms with Crippen LogP contribution < -0.4 is 10.6 Å². The maximum Gasteiger partial charge on any atom is 0.338 e. The number of hydrogen-bond acceptors (Lipinski definition) is 6. The van der Waals surface area contributed by atoms with Crippen LogP contribution in [0.3, 0.4) is 0 Å². The van der Waals surface area contributed by atoms with Gasteiger partial charge in [-0.25, -0.2) is 22.3 Å². The van der Waals surface area contributed by atoms with Gasteiger partial charge in [0, 0.05) is 20.6 Å². The molecular weight excluding hydrogens is 362 g/mol. The van der Waals surface area contributed by atoms with Crippen LogP contribution in [0, 0.1) is 6.92 Å². The first kappa shape index (κ1) is 21.6. The number of carbonyl (C=O) groups excluding carboxylic acids is 3. The number of nitrogens with one attached hydrogen (secondary N) is 2. The van der Waals surface area contributed by atoms with Crippen LogP contribution in [-0.4, -0.2) is 57.9 Å². The molecule has 0 aliphatic heterocycles. The molecule has 0 unspecified atom stereocenters. The summed E-state index contributed by atoms with van der Waals surface area (Å²) in [6, 6.07) is 3.37. The molecule has 0 atom stereocenters. The molecule has 1 aromatic rings. The second-order valence-corrected chi connectivity index (χ2v) is 7.80. The summed E-state index contributed by atoms with van der Waals surface area (Å²) in [5.74, 6) is -1.65. The Hall–Kier alpha value is -2.46. The fraction of sp³-hybridized carbons (Fsp3) is 0.438. The number of esters is 1. The molecule has 0 saturated heterocycles. The third-order valence-corrected chi connectivity index (χ3v) is 5.14. The van der Waals surface area contributed by atoms with Crippen molar-refractivity contribution in [1.82, 2.24) is 14.9 Å². The van der Waals surface area contributed by atoms with Crippen LogP contribution in [0.5, 0.6) is 0 Å². The number of hydrogen-bond donors (Lipinski definition) is 2. The zero-order valence-corrected chi connectivity index (χ0v) is 16.0. The first-order valence-electron chi connectivity index (χ1n) is 7.87. The van der Waals surface area contributed by atoms with E-state index in [1.165, 1.54) is 32.3 Å². The number of amides is 3. The van der Waals surface area contributed by atoms with E-state index in [4.69, 9.17) is 4.74 Å². The zero-order chi connectivity index (χ0) is 19.9. The molecule has 2 N–H and O–H groups in total. The predicted octanol–water partition coefficient (Wildman–Crippen LogP) is 0.638. The summed E-state index contributed by atoms with van der Waals surface area (Å²) >= 11 is 0. The third kappa shape index (κ3) is 5.81. The molecule has 0 heterocycles. The highest BCUT2D eigenvalue weighted by atomic mass is 32.2. The Labute approximate surface area is 152 Å². The molecule has 10 heteroatoms. The minimum atomic E-state index is -3.71. The van der Waals surface area contributed by atoms with Crippen LogP contribution >= 0.6 is 0 Å². The number of sulfonamides is 1. The van der Waals surface area contributed by atoms with Crippen LogP contribution in [0.2, 0.25) is 0 Å². The smallest absolute Gasteiger partial charge is 0.338 e. The van der Waals surface area contributed by atoms with E-state index in [1.54, 1.807) is 6.92 Å². The summed E-state index contributed by atoms with van der Waals surface area (Å²) in [4.78, 5) is 35.0. The molecular formula is C16H23N3O6S. The molecule has 1 rings (SSSR count). The zero-order valence-electron chi connectivity index (χ0n) is 15.2. The number of imide groups is 1. The lowest BCUT2D eigenvalue weighted by Gasteiger charge is -2.13. The van der Waals surface area contributed by atoms with Crippen molar-refractivity contribution in [2.45, 2.75) is 25.2 Å². The fourth-order valence-electron chi connectivity index (χ4n) is 1.85. The average Bonchev–Trinajstić information content (AvgIpc) is 2.57. The van der Waals surface area contributed by atoms with E-state index in [-0.39, 0.29) is 10.5 Å². The maximum absolute atomic E-state index is 12.2. The fourth-order valence-corrected chi connectivity index (χ4v) is 2.78. The predicted molar refractivity (Wildman–Crippen MR) is 94.2 cm³/mol. The minimum absolute atomic E-state index is 0.0242. The molecule has 3 amide bonds. The normalized spacial score (nSPS) is 11.1. The Morgan fingerprint density at radius 3 is 2.42 bits per heavy atom. The summed E-state index contributed by atoms with van der Waals surface area (Å²) < 4.78 is 30.2. The van der Waals surface area contributed by atoms with Crippen LogP contribution in [0.15, 0.2) is 23.1 Å². The van der Waals surface area contributed by atoms with Gasteiger partial charge in [-0.05, 0) is 31.0 Å². The van der Waals surface area contributed by atoms with Crippen LogP contribution in [0.4, 0.5) is 4.79 Å². The molecule has 0 spiro atoms. The highest BCUT2D eigenvalue weighted by Gasteiger charge is 2.21. The Bertz CT molecular complexity index is 789. The Kier molecular flexibility index (Phi) is 7.72. The summed E-state index contributed by atoms with van der Waals surface area (Å²) in [7, 11) is -0.960. The van der Waals surface area contributed by atoms with Crippen LogP contribution in [0.1, 0.15) is 29.3 Å². The number of carbonyl (C=O) groups is 3. The summed E-state index contributed by atoms with van der Waals surface area (Å²) in [6.45, 7) is 3.21. The van der Waals surface area contributed by atoms with E-state index in [9.17, 15) is 22.8 Å². The van der Waals surface area contributed by atoms with E-state index in [2.05, 4.69) is 5.32 Å². The van der Waals surface area contributed by atoms with E-state index < -0.39 is 34.5 Å². The van der Waals surface area contributed by atoms with E-state index >= 15 is 0 Å². The van der Waals surface area contributed by atoms with Crippen molar-refractivity contribution in [3.63, 3.8) is 0 Å². The summed E-state index contributed by atoms with van der Waals surface area (Å²) in [5.41, 5.74) is 0.518. The van der Waals surface area contributed by atoms with Gasteiger partial charge in [-0.3, -0.25) is 10.1 Å². The Balaban J connectivity index is 2.79. The largest absolute Gasteiger partial charge is 0.452 e. The van der Waals surface area contributed by atoms with Gasteiger partial charge in [-0.2, -0.15) is 0 Å². The van der Waals surface area contributed by atoms with Gasteiger partial charge < -0.3 is 10.1 Å². The second-order valence-electron chi connectivity index (χ2n) is 5.64. The standard InChI is InChI=1S/C16H23N3O6S/c1-5-8-17-16(22)18-14(20)10-25-15(21)13-9-12(7-6-11(13)2)26(23,24)19(3)4/h6-7,9H,5,8,10H2,1-4H3,(H2,17,18,20,22). The molecule has 0 fully saturated rings. The first-order valence-corrected chi connectivity index (χ1v) is 9.31. The van der Waals surface area contributed by atoms with Gasteiger partial charge in [0.1, 0.15) is 0 Å². The minimum Gasteiger partial charge on any atom is -0.452 e. The molecule has 144 valence electrons. The lowest BCUT2D eigenvalue weighted by molar-refractivity contribution is -0.123. The quantitative estimate of drug-likeness (QED) is 0.664. The van der Waals surface area contributed by atoms with Gasteiger partial charge in [0.2, 0.25) is 10.0 Å². The molecule has 0 aromatic heterocycles. The van der Waals surface area contributed by atoms with Crippen molar-refractivity contribution in [2.24, 2.45) is 0 Å². The number of rotatable bonds is 7. The Morgan fingerprint density at radius 1 is 1.19 bits per heavy atom. The first-order chi connectivity index (χ1) is 12.1. The van der Waals surface area contributed by atoms with Crippen molar-refractivity contribution < 1.29 is 27.5 Å². The number of aryl methyl sites for hydroxylation is 1. The van der Waals surface area contributed by atoms with Crippen molar-refractivity contribution in [3.8, 4) is 0 Å². The number of urea groups is 1. The molecule has 0 radical (unpaired) electrons. The van der Waals surface area contributed by atoms with Crippen LogP contribution in [-0.2, 0) is 19.6 Å². The SMILES string of the molecule is CCCNC(=O)NC(=O)COC(=O)c1cc(S(=O)(=O)N(C)C)ccc1C. The van der Waals surface area contributed by atoms with Crippen molar-refractivity contribution in [1.29, 1.82) is 0 Å². The molecule has 9 nitrogen and oxygen atoms in total. The van der Waals surface area contributed by atoms with Gasteiger partial charge >= 0.3 is 12.0 Å². The van der Waals surface area contributed by atoms with Crippen molar-refractivity contribution >= 4 is 27.9 Å². The molecule has 1 aromatic carbocycles. The molecule has 0 aliphatic rings. The molecule has 26 heavy (non-hydrogen) atoms. The van der Waals surface area contributed by atoms with E-state index in [0.717, 1.165) is 4.31 Å². The number of nitrogens with zero attached hydrogens (tertiary/aromatic N) is 1. The van der Waals surface area contributed by atoms with E-state index in [0.29, 0.717) is 18.5 Å². The average molecular weight is 385 g/mol. The van der Waals surface area contributed by atoms with Gasteiger partial charge in [0.05, 0.1) is 10.5 Å². The van der Waals surface area contributed by atoms with Crippen LogP contribution in [0.25, 0.3) is 0 Å². The lowest BCUT2D eigenvalue weighted by Crippen LogP contribution is -2.41. The lowest BCUT2D eigenvalue weighted by atomic mass is 10.1. The molecule has 0 saturated carbocycles. The van der Waals surface area contributed by atoms with Gasteiger partial charge in [-0.1, -0.05) is 13.0 Å². The summed E-state index contributed by atoms with van der Waals surface area (Å²) in [6.07, 6.45) is 0.710. The summed E-state index contributed by atoms with van der Waals surface area (Å²) in [5, 5.41) is 4.46. The second kappa shape index (κ2) is 9.30. The maximum atomic E-state index is 12.2. The highest BCUT2D eigenvalue weighted by Crippen LogP contribution is 2.18. The molecule has 0 aliphatic carbocycles. The third-order valence-electron chi connectivity index (χ3n) is 3.33. The van der Waals surface area contributed by atoms with Crippen molar-refractivity contribution in [3.05, 3.63) is 29.3 Å². The molecule has 0 bridgehead atoms. The number of ether oxygens (including phenoxy) is 1. The highest BCUT2D eigenvalue weighted by molar-refractivity contribution is 7.89. The Morgan fingerprint density at radius 2 is 1.85 bits per heavy atom. The number of benzene rings is 1. The van der Waals surface area contributed by atoms with Crippen molar-refractivity contribution in [2.75, 3.05) is 27.2 Å². The van der Waals surface area contributed by atoms with E-state index in [1.807, 2.05) is 12.2 Å². The van der Waals surface area contributed by atoms with Gasteiger partial charge in [-0.15, -0.1) is 0 Å². The monoisotopic (exact) mass is 385 g/mol. The van der Waals surface area contributed by atoms with Gasteiger partial charge in [0.25, 0.3) is 5.91 Å². The topological polar surface area (TPSA) is 122 Å². The van der Waals surface area contributed by atoms with Gasteiger partial charge in [0.15, 0.2) is 6.61 Å².